The van der Waals surface area contributed by atoms with Gasteiger partial charge < -0.3 is 20.1 Å². The van der Waals surface area contributed by atoms with Gasteiger partial charge in [-0.1, -0.05) is 12.2 Å². The summed E-state index contributed by atoms with van der Waals surface area (Å²) in [6, 6.07) is 0. The number of aliphatic hydroxyl groups excluding tert-OH is 1. The molecule has 8 nitrogen and oxygen atoms in total. The van der Waals surface area contributed by atoms with Crippen molar-refractivity contribution in [3.8, 4) is 0 Å². The third-order valence-electron chi connectivity index (χ3n) is 3.19. The fourth-order valence-electron chi connectivity index (χ4n) is 2.15. The van der Waals surface area contributed by atoms with Crippen LogP contribution in [0.15, 0.2) is 21.9 Å². The molecule has 116 valence electrons. The van der Waals surface area contributed by atoms with E-state index in [1.165, 1.54) is 16.8 Å². The summed E-state index contributed by atoms with van der Waals surface area (Å²) in [6.07, 6.45) is 2.57. The zero-order chi connectivity index (χ0) is 16.1. The molecule has 1 aromatic heterocycles. The molecule has 1 aromatic rings. The predicted molar refractivity (Wildman–Crippen MR) is 79.6 cm³/mol. The van der Waals surface area contributed by atoms with E-state index in [9.17, 15) is 14.7 Å². The van der Waals surface area contributed by atoms with E-state index in [4.69, 9.17) is 16.3 Å². The number of nitrogens with one attached hydrogen (secondary N) is 1. The van der Waals surface area contributed by atoms with Gasteiger partial charge in [0.2, 0.25) is 0 Å². The molecular weight excluding hydrogens is 297 g/mol. The molecule has 2 rings (SSSR count). The Kier molecular flexibility index (Phi) is 4.95. The van der Waals surface area contributed by atoms with Crippen molar-refractivity contribution < 1.29 is 14.4 Å². The van der Waals surface area contributed by atoms with E-state index < -0.39 is 39.1 Å². The normalized spacial score (nSPS) is 27.0. The highest BCUT2D eigenvalue weighted by molar-refractivity contribution is 7.09. The van der Waals surface area contributed by atoms with Crippen LogP contribution in [0.1, 0.15) is 18.2 Å². The minimum absolute atomic E-state index is 0.0810. The third kappa shape index (κ3) is 3.66. The van der Waals surface area contributed by atoms with Crippen LogP contribution in [-0.2, 0) is 9.26 Å². The molecular formula is C12H18N3O5P. The summed E-state index contributed by atoms with van der Waals surface area (Å²) in [7, 11) is -0.452. The average molecular weight is 317 g/mol. The lowest BCUT2D eigenvalue weighted by molar-refractivity contribution is -0.0382. The standard InChI is InChI=1S/C12H18N3O5P/c13-3-1-2-7-5-15(12(18)14-11(7)17)10-4-8(16)9(20-10)6-19-21/h1-2,5,8-10,16H,3-4,6,13,21H2,(H,14,17,18)/b2-1+/i21T. The molecule has 1 saturated heterocycles. The SMILES string of the molecule is [3H]POCC1OC(n2cc(/C=C/CN)c(=O)[nH]c2=O)CC1O. The maximum absolute atomic E-state index is 11.9. The fraction of sp³-hybridized carbons (Fsp3) is 0.500. The van der Waals surface area contributed by atoms with Crippen molar-refractivity contribution >= 4 is 15.5 Å². The largest absolute Gasteiger partial charge is 0.390 e. The quantitative estimate of drug-likeness (QED) is 0.577. The molecule has 0 radical (unpaired) electrons. The molecule has 9 heteroatoms. The second-order valence-corrected chi connectivity index (χ2v) is 4.92. The maximum atomic E-state index is 11.9. The van der Waals surface area contributed by atoms with E-state index in [0.29, 0.717) is 0 Å². The van der Waals surface area contributed by atoms with Crippen molar-refractivity contribution in [1.29, 1.82) is 1.28 Å². The predicted octanol–water partition coefficient (Wildman–Crippen LogP) is -1.04. The van der Waals surface area contributed by atoms with Crippen molar-refractivity contribution in [3.05, 3.63) is 38.7 Å². The molecule has 4 atom stereocenters. The van der Waals surface area contributed by atoms with Crippen LogP contribution in [0.5, 0.6) is 0 Å². The van der Waals surface area contributed by atoms with Crippen molar-refractivity contribution in [3.63, 3.8) is 0 Å². The van der Waals surface area contributed by atoms with Crippen LogP contribution in [0, 0.1) is 0 Å². The Bertz CT molecular complexity index is 646. The van der Waals surface area contributed by atoms with E-state index in [0.717, 1.165) is 0 Å². The molecule has 0 bridgehead atoms. The minimum Gasteiger partial charge on any atom is -0.390 e. The lowest BCUT2D eigenvalue weighted by Crippen LogP contribution is -2.33. The Morgan fingerprint density at radius 3 is 3.24 bits per heavy atom. The molecule has 21 heavy (non-hydrogen) atoms. The van der Waals surface area contributed by atoms with Crippen LogP contribution in [0.4, 0.5) is 0 Å². The molecule has 0 saturated carbocycles. The lowest BCUT2D eigenvalue weighted by Gasteiger charge is -2.15. The van der Waals surface area contributed by atoms with Crippen LogP contribution >= 0.6 is 9.41 Å². The van der Waals surface area contributed by atoms with E-state index in [1.54, 1.807) is 6.08 Å². The van der Waals surface area contributed by atoms with Gasteiger partial charge in [0.15, 0.2) is 0 Å². The van der Waals surface area contributed by atoms with Gasteiger partial charge in [-0.15, -0.1) is 0 Å². The van der Waals surface area contributed by atoms with Gasteiger partial charge in [0, 0.05) is 28.6 Å². The maximum Gasteiger partial charge on any atom is 0.330 e. The fourth-order valence-corrected chi connectivity index (χ4v) is 2.31. The van der Waals surface area contributed by atoms with Crippen LogP contribution in [0.2, 0.25) is 0 Å². The van der Waals surface area contributed by atoms with Gasteiger partial charge in [0.25, 0.3) is 5.56 Å². The van der Waals surface area contributed by atoms with E-state index >= 15 is 0 Å². The van der Waals surface area contributed by atoms with Crippen LogP contribution in [0.25, 0.3) is 6.08 Å². The van der Waals surface area contributed by atoms with Gasteiger partial charge in [-0.05, 0) is 0 Å². The first-order valence-corrected chi connectivity index (χ1v) is 6.81. The number of H-pyrrole nitrogens is 1. The van der Waals surface area contributed by atoms with Gasteiger partial charge in [-0.2, -0.15) is 0 Å². The smallest absolute Gasteiger partial charge is 0.330 e. The van der Waals surface area contributed by atoms with Gasteiger partial charge in [-0.25, -0.2) is 4.79 Å². The second kappa shape index (κ2) is 7.11. The zero-order valence-corrected chi connectivity index (χ0v) is 12.2. The summed E-state index contributed by atoms with van der Waals surface area (Å²) in [6.45, 7) is 0.349. The molecule has 1 fully saturated rings. The number of hydrogen-bond donors (Lipinski definition) is 3. The Labute approximate surface area is 124 Å². The second-order valence-electron chi connectivity index (χ2n) is 4.63. The van der Waals surface area contributed by atoms with Crippen molar-refractivity contribution in [2.45, 2.75) is 24.9 Å². The highest BCUT2D eigenvalue weighted by atomic mass is 31.0. The van der Waals surface area contributed by atoms with E-state index in [1.807, 2.05) is 0 Å². The summed E-state index contributed by atoms with van der Waals surface area (Å²) in [5.74, 6) is 0. The zero-order valence-electron chi connectivity index (χ0n) is 12.2. The van der Waals surface area contributed by atoms with E-state index in [2.05, 4.69) is 4.98 Å². The molecule has 4 unspecified atom stereocenters. The summed E-state index contributed by atoms with van der Waals surface area (Å²) in [5.41, 5.74) is 4.49. The number of aromatic amines is 1. The average Bonchev–Trinajstić information content (AvgIpc) is 2.85. The third-order valence-corrected chi connectivity index (χ3v) is 3.36. The lowest BCUT2D eigenvalue weighted by atomic mass is 10.2. The molecule has 0 amide bonds. The minimum atomic E-state index is -0.803. The summed E-state index contributed by atoms with van der Waals surface area (Å²) < 4.78 is 18.7. The van der Waals surface area contributed by atoms with Crippen molar-refractivity contribution in [2.24, 2.45) is 5.73 Å². The van der Waals surface area contributed by atoms with Crippen LogP contribution < -0.4 is 17.0 Å². The number of aliphatic hydroxyl groups is 1. The Hall–Kier alpha value is -1.31. The molecule has 2 heterocycles. The van der Waals surface area contributed by atoms with E-state index in [-0.39, 0.29) is 25.1 Å². The number of ether oxygens (including phenoxy) is 1. The van der Waals surface area contributed by atoms with Gasteiger partial charge in [0.1, 0.15) is 12.3 Å². The van der Waals surface area contributed by atoms with Crippen molar-refractivity contribution in [2.75, 3.05) is 13.2 Å². The summed E-state index contributed by atoms with van der Waals surface area (Å²) in [4.78, 5) is 25.8. The molecule has 0 aromatic carbocycles. The summed E-state index contributed by atoms with van der Waals surface area (Å²) >= 11 is 0. The number of hydrogen-bond acceptors (Lipinski definition) is 6. The number of aromatic nitrogens is 2. The van der Waals surface area contributed by atoms with Gasteiger partial charge in [-0.3, -0.25) is 14.3 Å². The van der Waals surface area contributed by atoms with Crippen LogP contribution in [0.3, 0.4) is 0 Å². The molecule has 1 aliphatic heterocycles. The summed E-state index contributed by atoms with van der Waals surface area (Å²) in [5, 5.41) is 9.92. The molecule has 4 N–H and O–H groups in total. The first kappa shape index (κ1) is 14.6. The topological polar surface area (TPSA) is 120 Å². The first-order valence-electron chi connectivity index (χ1n) is 6.91. The number of nitrogens with zero attached hydrogens (tertiary/aromatic N) is 1. The number of nitrogens with two attached hydrogens (primary N) is 1. The number of rotatable bonds is 6. The van der Waals surface area contributed by atoms with Gasteiger partial charge in [0.05, 0.1) is 19.6 Å². The Balaban J connectivity index is 2.24. The Morgan fingerprint density at radius 2 is 2.52 bits per heavy atom. The highest BCUT2D eigenvalue weighted by Crippen LogP contribution is 2.28. The molecule has 0 spiro atoms. The van der Waals surface area contributed by atoms with Crippen LogP contribution in [-0.4, -0.2) is 41.3 Å². The highest BCUT2D eigenvalue weighted by Gasteiger charge is 2.35. The van der Waals surface area contributed by atoms with Crippen molar-refractivity contribution in [1.82, 2.24) is 9.55 Å². The Morgan fingerprint density at radius 1 is 1.71 bits per heavy atom. The first-order chi connectivity index (χ1) is 10.6. The molecule has 0 aliphatic carbocycles. The van der Waals surface area contributed by atoms with Gasteiger partial charge >= 0.3 is 5.69 Å². The molecule has 1 aliphatic rings. The monoisotopic (exact) mass is 317 g/mol.